The van der Waals surface area contributed by atoms with Gasteiger partial charge in [-0.15, -0.1) is 0 Å². The number of nitrogens with one attached hydrogen (secondary N) is 2. The Morgan fingerprint density at radius 3 is 2.71 bits per heavy atom. The molecule has 1 aliphatic heterocycles. The van der Waals surface area contributed by atoms with Gasteiger partial charge >= 0.3 is 6.03 Å². The maximum absolute atomic E-state index is 12.9. The molecule has 3 rings (SSSR count). The van der Waals surface area contributed by atoms with Gasteiger partial charge in [-0.2, -0.15) is 0 Å². The number of rotatable bonds is 6. The molecule has 0 atom stereocenters. The Hall–Kier alpha value is -2.09. The Bertz CT molecular complexity index is 775. The summed E-state index contributed by atoms with van der Waals surface area (Å²) in [5.41, 5.74) is -0.0203. The molecule has 0 unspecified atom stereocenters. The van der Waals surface area contributed by atoms with Crippen LogP contribution < -0.4 is 15.4 Å². The summed E-state index contributed by atoms with van der Waals surface area (Å²) in [5.74, 6) is 0.602. The Labute approximate surface area is 173 Å². The molecule has 1 aromatic rings. The Morgan fingerprint density at radius 1 is 1.36 bits per heavy atom. The fourth-order valence-corrected chi connectivity index (χ4v) is 4.42. The quantitative estimate of drug-likeness (QED) is 0.650. The van der Waals surface area contributed by atoms with Gasteiger partial charge in [0.1, 0.15) is 17.8 Å². The smallest absolute Gasteiger partial charge is 0.325 e. The summed E-state index contributed by atoms with van der Waals surface area (Å²) in [5, 5.41) is 5.61. The van der Waals surface area contributed by atoms with Crippen LogP contribution in [-0.4, -0.2) is 41.9 Å². The molecular formula is C20H26BrN3O4. The summed E-state index contributed by atoms with van der Waals surface area (Å²) < 4.78 is 6.16. The van der Waals surface area contributed by atoms with E-state index in [1.807, 2.05) is 12.1 Å². The maximum atomic E-state index is 12.9. The molecule has 2 N–H and O–H groups in total. The standard InChI is InChI=1S/C20H26BrN3O4/c1-3-13-6-8-20(9-7-13)18(26)24(19(27)23-20)12-17(25)22-11-14-10-15(21)4-5-16(14)28-2/h4-5,10,13H,3,6-9,11-12H2,1-2H3,(H,22,25)(H,23,27). The number of carbonyl (C=O) groups excluding carboxylic acids is 3. The van der Waals surface area contributed by atoms with Crippen LogP contribution in [0.1, 0.15) is 44.6 Å². The van der Waals surface area contributed by atoms with Gasteiger partial charge in [0.2, 0.25) is 5.91 Å². The molecule has 8 heteroatoms. The number of ether oxygens (including phenoxy) is 1. The predicted octanol–water partition coefficient (Wildman–Crippen LogP) is 2.96. The van der Waals surface area contributed by atoms with Gasteiger partial charge in [0.05, 0.1) is 7.11 Å². The van der Waals surface area contributed by atoms with Crippen LogP contribution in [0.2, 0.25) is 0 Å². The van der Waals surface area contributed by atoms with Crippen LogP contribution in [0.4, 0.5) is 4.79 Å². The lowest BCUT2D eigenvalue weighted by atomic mass is 9.75. The molecular weight excluding hydrogens is 426 g/mol. The van der Waals surface area contributed by atoms with E-state index >= 15 is 0 Å². The topological polar surface area (TPSA) is 87.7 Å². The number of halogens is 1. The van der Waals surface area contributed by atoms with Crippen molar-refractivity contribution in [2.45, 2.75) is 51.1 Å². The van der Waals surface area contributed by atoms with Crippen LogP contribution in [-0.2, 0) is 16.1 Å². The Kier molecular flexibility index (Phi) is 6.27. The van der Waals surface area contributed by atoms with Crippen LogP contribution in [0.25, 0.3) is 0 Å². The maximum Gasteiger partial charge on any atom is 0.325 e. The second-order valence-electron chi connectivity index (χ2n) is 7.49. The van der Waals surface area contributed by atoms with Crippen molar-refractivity contribution in [2.24, 2.45) is 5.92 Å². The molecule has 152 valence electrons. The van der Waals surface area contributed by atoms with Crippen molar-refractivity contribution in [3.8, 4) is 5.75 Å². The number of methoxy groups -OCH3 is 1. The average Bonchev–Trinajstić information content (AvgIpc) is 2.91. The molecule has 28 heavy (non-hydrogen) atoms. The van der Waals surface area contributed by atoms with E-state index in [2.05, 4.69) is 33.5 Å². The molecule has 2 aliphatic rings. The first-order valence-corrected chi connectivity index (χ1v) is 10.4. The summed E-state index contributed by atoms with van der Waals surface area (Å²) in [4.78, 5) is 38.7. The van der Waals surface area contributed by atoms with E-state index in [0.717, 1.165) is 34.2 Å². The van der Waals surface area contributed by atoms with E-state index in [-0.39, 0.29) is 24.9 Å². The fourth-order valence-electron chi connectivity index (χ4n) is 4.02. The second kappa shape index (κ2) is 8.51. The third-order valence-corrected chi connectivity index (χ3v) is 6.30. The minimum atomic E-state index is -0.823. The molecule has 0 bridgehead atoms. The Morgan fingerprint density at radius 2 is 2.07 bits per heavy atom. The summed E-state index contributed by atoms with van der Waals surface area (Å²) in [7, 11) is 1.56. The molecule has 7 nitrogen and oxygen atoms in total. The van der Waals surface area contributed by atoms with Crippen molar-refractivity contribution in [1.29, 1.82) is 0 Å². The van der Waals surface area contributed by atoms with Crippen molar-refractivity contribution < 1.29 is 19.1 Å². The van der Waals surface area contributed by atoms with Gasteiger partial charge in [0, 0.05) is 16.6 Å². The molecule has 0 radical (unpaired) electrons. The highest BCUT2D eigenvalue weighted by molar-refractivity contribution is 9.10. The number of nitrogens with zero attached hydrogens (tertiary/aromatic N) is 1. The zero-order chi connectivity index (χ0) is 20.3. The van der Waals surface area contributed by atoms with Gasteiger partial charge in [-0.1, -0.05) is 29.3 Å². The number of hydrogen-bond donors (Lipinski definition) is 2. The highest BCUT2D eigenvalue weighted by Crippen LogP contribution is 2.37. The monoisotopic (exact) mass is 451 g/mol. The normalized spacial score (nSPS) is 24.4. The lowest BCUT2D eigenvalue weighted by Crippen LogP contribution is -2.50. The third-order valence-electron chi connectivity index (χ3n) is 5.80. The fraction of sp³-hybridized carbons (Fsp3) is 0.550. The van der Waals surface area contributed by atoms with E-state index in [1.54, 1.807) is 13.2 Å². The van der Waals surface area contributed by atoms with Gasteiger partial charge < -0.3 is 15.4 Å². The van der Waals surface area contributed by atoms with Crippen LogP contribution in [0, 0.1) is 5.92 Å². The lowest BCUT2D eigenvalue weighted by molar-refractivity contribution is -0.136. The molecule has 1 saturated carbocycles. The van der Waals surface area contributed by atoms with Crippen LogP contribution in [0.5, 0.6) is 5.75 Å². The van der Waals surface area contributed by atoms with Crippen LogP contribution >= 0.6 is 15.9 Å². The summed E-state index contributed by atoms with van der Waals surface area (Å²) in [6.07, 6.45) is 4.22. The van der Waals surface area contributed by atoms with E-state index in [1.165, 1.54) is 0 Å². The molecule has 1 heterocycles. The number of hydrogen-bond acceptors (Lipinski definition) is 4. The van der Waals surface area contributed by atoms with Crippen LogP contribution in [0.15, 0.2) is 22.7 Å². The molecule has 1 spiro atoms. The van der Waals surface area contributed by atoms with Crippen LogP contribution in [0.3, 0.4) is 0 Å². The first-order valence-electron chi connectivity index (χ1n) is 9.61. The minimum absolute atomic E-state index is 0.244. The Balaban J connectivity index is 1.59. The zero-order valence-corrected chi connectivity index (χ0v) is 17.8. The summed E-state index contributed by atoms with van der Waals surface area (Å²) in [6.45, 7) is 2.11. The summed E-state index contributed by atoms with van der Waals surface area (Å²) in [6, 6.07) is 5.03. The first-order chi connectivity index (χ1) is 13.4. The molecule has 1 saturated heterocycles. The lowest BCUT2D eigenvalue weighted by Gasteiger charge is -2.34. The zero-order valence-electron chi connectivity index (χ0n) is 16.2. The molecule has 4 amide bonds. The molecule has 1 aliphatic carbocycles. The highest BCUT2D eigenvalue weighted by Gasteiger charge is 2.52. The number of carbonyl (C=O) groups is 3. The number of imide groups is 1. The number of benzene rings is 1. The van der Waals surface area contributed by atoms with Crippen molar-refractivity contribution >= 4 is 33.8 Å². The van der Waals surface area contributed by atoms with Gasteiger partial charge in [0.25, 0.3) is 5.91 Å². The van der Waals surface area contributed by atoms with Crippen molar-refractivity contribution in [1.82, 2.24) is 15.5 Å². The SMILES string of the molecule is CCC1CCC2(CC1)NC(=O)N(CC(=O)NCc1cc(Br)ccc1OC)C2=O. The van der Waals surface area contributed by atoms with Crippen molar-refractivity contribution in [2.75, 3.05) is 13.7 Å². The van der Waals surface area contributed by atoms with E-state index in [0.29, 0.717) is 24.5 Å². The number of urea groups is 1. The largest absolute Gasteiger partial charge is 0.496 e. The molecule has 0 aromatic heterocycles. The first kappa shape index (κ1) is 20.6. The minimum Gasteiger partial charge on any atom is -0.496 e. The van der Waals surface area contributed by atoms with Gasteiger partial charge in [-0.3, -0.25) is 14.5 Å². The number of amides is 4. The average molecular weight is 452 g/mol. The summed E-state index contributed by atoms with van der Waals surface area (Å²) >= 11 is 3.40. The predicted molar refractivity (Wildman–Crippen MR) is 108 cm³/mol. The molecule has 2 fully saturated rings. The third kappa shape index (κ3) is 4.16. The van der Waals surface area contributed by atoms with E-state index < -0.39 is 11.6 Å². The van der Waals surface area contributed by atoms with Crippen molar-refractivity contribution in [3.63, 3.8) is 0 Å². The van der Waals surface area contributed by atoms with Gasteiger partial charge in [0.15, 0.2) is 0 Å². The molecule has 1 aromatic carbocycles. The van der Waals surface area contributed by atoms with Gasteiger partial charge in [-0.05, 0) is 49.8 Å². The van der Waals surface area contributed by atoms with Gasteiger partial charge in [-0.25, -0.2) is 4.79 Å². The van der Waals surface area contributed by atoms with E-state index in [4.69, 9.17) is 4.74 Å². The van der Waals surface area contributed by atoms with E-state index in [9.17, 15) is 14.4 Å². The highest BCUT2D eigenvalue weighted by atomic mass is 79.9. The second-order valence-corrected chi connectivity index (χ2v) is 8.40. The van der Waals surface area contributed by atoms with Crippen molar-refractivity contribution in [3.05, 3.63) is 28.2 Å².